The van der Waals surface area contributed by atoms with Gasteiger partial charge in [-0.25, -0.2) is 0 Å². The molecule has 0 saturated carbocycles. The fourth-order valence-corrected chi connectivity index (χ4v) is 2.69. The lowest BCUT2D eigenvalue weighted by molar-refractivity contribution is 0.352. The minimum absolute atomic E-state index is 0.186. The zero-order chi connectivity index (χ0) is 11.6. The normalized spacial score (nSPS) is 13.9. The highest BCUT2D eigenvalue weighted by molar-refractivity contribution is 8.31. The van der Waals surface area contributed by atoms with E-state index in [0.29, 0.717) is 0 Å². The van der Waals surface area contributed by atoms with Gasteiger partial charge in [0.1, 0.15) is 0 Å². The third kappa shape index (κ3) is 4.22. The molecule has 0 amide bonds. The summed E-state index contributed by atoms with van der Waals surface area (Å²) in [5.41, 5.74) is 5.82. The zero-order valence-corrected chi connectivity index (χ0v) is 11.2. The number of rotatable bonds is 3. The molecule has 0 aliphatic heterocycles. The van der Waals surface area contributed by atoms with E-state index < -0.39 is 10.2 Å². The van der Waals surface area contributed by atoms with Gasteiger partial charge in [-0.05, 0) is 23.7 Å². The summed E-state index contributed by atoms with van der Waals surface area (Å²) in [6.45, 7) is 9.54. The lowest BCUT2D eigenvalue weighted by Gasteiger charge is -2.45. The van der Waals surface area contributed by atoms with Gasteiger partial charge in [0.05, 0.1) is 0 Å². The molecule has 0 fully saturated rings. The van der Waals surface area contributed by atoms with Crippen molar-refractivity contribution >= 4 is 16.2 Å². The van der Waals surface area contributed by atoms with Gasteiger partial charge < -0.3 is 10.0 Å². The molecule has 0 aliphatic rings. The molecule has 0 rings (SSSR count). The molecule has 0 aromatic rings. The van der Waals surface area contributed by atoms with Crippen LogP contribution in [0.3, 0.4) is 0 Å². The summed E-state index contributed by atoms with van der Waals surface area (Å²) in [7, 11) is -0.909. The molecule has 0 radical (unpaired) electrons. The Hall–Kier alpha value is -0.380. The van der Waals surface area contributed by atoms with Crippen LogP contribution in [0, 0.1) is 10.8 Å². The molecule has 0 aliphatic carbocycles. The quantitative estimate of drug-likeness (QED) is 0.565. The molecular weight excluding hydrogens is 194 g/mol. The SMILES string of the molecule is CCS(C)(C)N(CC(C)(C)C)C(=N)N. The second-order valence-electron chi connectivity index (χ2n) is 5.25. The van der Waals surface area contributed by atoms with Gasteiger partial charge in [0.2, 0.25) is 0 Å². The van der Waals surface area contributed by atoms with Crippen LogP contribution in [0.4, 0.5) is 0 Å². The van der Waals surface area contributed by atoms with Gasteiger partial charge in [-0.2, -0.15) is 10.2 Å². The second-order valence-corrected chi connectivity index (χ2v) is 9.23. The van der Waals surface area contributed by atoms with E-state index in [-0.39, 0.29) is 11.4 Å². The average molecular weight is 219 g/mol. The van der Waals surface area contributed by atoms with Gasteiger partial charge in [0, 0.05) is 6.54 Å². The topological polar surface area (TPSA) is 53.1 Å². The van der Waals surface area contributed by atoms with Crippen LogP contribution in [0.2, 0.25) is 0 Å². The molecule has 4 heteroatoms. The number of nitrogens with two attached hydrogens (primary N) is 1. The van der Waals surface area contributed by atoms with E-state index in [2.05, 4.69) is 44.5 Å². The maximum absolute atomic E-state index is 7.62. The monoisotopic (exact) mass is 219 g/mol. The van der Waals surface area contributed by atoms with Gasteiger partial charge in [0.25, 0.3) is 0 Å². The van der Waals surface area contributed by atoms with Crippen molar-refractivity contribution in [2.45, 2.75) is 27.7 Å². The van der Waals surface area contributed by atoms with Crippen LogP contribution >= 0.6 is 10.2 Å². The van der Waals surface area contributed by atoms with Crippen molar-refractivity contribution in [3.05, 3.63) is 0 Å². The molecule has 0 aromatic carbocycles. The first-order valence-electron chi connectivity index (χ1n) is 4.93. The lowest BCUT2D eigenvalue weighted by atomic mass is 9.97. The van der Waals surface area contributed by atoms with Crippen molar-refractivity contribution in [2.75, 3.05) is 24.8 Å². The third-order valence-corrected chi connectivity index (χ3v) is 5.12. The van der Waals surface area contributed by atoms with Crippen molar-refractivity contribution in [2.24, 2.45) is 11.1 Å². The summed E-state index contributed by atoms with van der Waals surface area (Å²) < 4.78 is 2.06. The highest BCUT2D eigenvalue weighted by atomic mass is 32.3. The zero-order valence-electron chi connectivity index (χ0n) is 10.3. The Kier molecular flexibility index (Phi) is 4.31. The molecule has 0 saturated heterocycles. The van der Waals surface area contributed by atoms with Crippen LogP contribution in [0.15, 0.2) is 0 Å². The predicted molar refractivity (Wildman–Crippen MR) is 68.1 cm³/mol. The maximum atomic E-state index is 7.62. The standard InChI is InChI=1S/C10H25N3S/c1-7-14(5,6)13(9(11)12)8-10(2,3)4/h7-8H2,1-6H3,(H3,11,12). The molecule has 0 bridgehead atoms. The first-order chi connectivity index (χ1) is 6.10. The fourth-order valence-electron chi connectivity index (χ4n) is 1.11. The Bertz CT molecular complexity index is 206. The Morgan fingerprint density at radius 2 is 1.79 bits per heavy atom. The second kappa shape index (κ2) is 4.43. The first-order valence-corrected chi connectivity index (χ1v) is 7.50. The van der Waals surface area contributed by atoms with Crippen LogP contribution < -0.4 is 5.73 Å². The van der Waals surface area contributed by atoms with Crippen LogP contribution in [0.25, 0.3) is 0 Å². The minimum Gasteiger partial charge on any atom is -0.369 e. The fraction of sp³-hybridized carbons (Fsp3) is 0.900. The van der Waals surface area contributed by atoms with Gasteiger partial charge in [-0.15, -0.1) is 0 Å². The van der Waals surface area contributed by atoms with Crippen LogP contribution in [-0.4, -0.2) is 35.1 Å². The summed E-state index contributed by atoms with van der Waals surface area (Å²) in [5.74, 6) is 1.28. The number of nitrogens with zero attached hydrogens (tertiary/aromatic N) is 1. The number of guanidine groups is 1. The van der Waals surface area contributed by atoms with Crippen molar-refractivity contribution < 1.29 is 0 Å². The van der Waals surface area contributed by atoms with Crippen LogP contribution in [0.5, 0.6) is 0 Å². The molecule has 0 heterocycles. The maximum Gasteiger partial charge on any atom is 0.197 e. The van der Waals surface area contributed by atoms with Crippen LogP contribution in [-0.2, 0) is 0 Å². The van der Waals surface area contributed by atoms with E-state index in [4.69, 9.17) is 11.1 Å². The molecule has 3 N–H and O–H groups in total. The average Bonchev–Trinajstić information content (AvgIpc) is 1.98. The summed E-state index contributed by atoms with van der Waals surface area (Å²) in [4.78, 5) is 0. The number of hydrogen-bond donors (Lipinski definition) is 2. The van der Waals surface area contributed by atoms with Gasteiger partial charge >= 0.3 is 0 Å². The highest BCUT2D eigenvalue weighted by Crippen LogP contribution is 2.44. The van der Waals surface area contributed by atoms with Gasteiger partial charge in [-0.3, -0.25) is 5.41 Å². The molecular formula is C10H25N3S. The molecule has 0 aromatic heterocycles. The Morgan fingerprint density at radius 1 is 1.36 bits per heavy atom. The minimum atomic E-state index is -0.909. The van der Waals surface area contributed by atoms with Gasteiger partial charge in [-0.1, -0.05) is 27.7 Å². The molecule has 3 nitrogen and oxygen atoms in total. The molecule has 14 heavy (non-hydrogen) atoms. The summed E-state index contributed by atoms with van der Waals surface area (Å²) >= 11 is 0. The van der Waals surface area contributed by atoms with Crippen molar-refractivity contribution in [1.29, 1.82) is 5.41 Å². The third-order valence-electron chi connectivity index (χ3n) is 2.19. The Balaban J connectivity index is 4.71. The van der Waals surface area contributed by atoms with Crippen molar-refractivity contribution in [3.8, 4) is 0 Å². The van der Waals surface area contributed by atoms with E-state index >= 15 is 0 Å². The van der Waals surface area contributed by atoms with E-state index in [1.807, 2.05) is 0 Å². The van der Waals surface area contributed by atoms with Gasteiger partial charge in [0.15, 0.2) is 5.96 Å². The summed E-state index contributed by atoms with van der Waals surface area (Å²) in [6, 6.07) is 0. The molecule has 0 unspecified atom stereocenters. The largest absolute Gasteiger partial charge is 0.369 e. The Morgan fingerprint density at radius 3 is 2.00 bits per heavy atom. The highest BCUT2D eigenvalue weighted by Gasteiger charge is 2.25. The smallest absolute Gasteiger partial charge is 0.197 e. The predicted octanol–water partition coefficient (Wildman–Crippen LogP) is 2.23. The Labute approximate surface area is 90.0 Å². The van der Waals surface area contributed by atoms with E-state index in [0.717, 1.165) is 12.3 Å². The molecule has 0 spiro atoms. The summed E-state index contributed by atoms with van der Waals surface area (Å²) in [6.07, 6.45) is 4.42. The van der Waals surface area contributed by atoms with Crippen LogP contribution in [0.1, 0.15) is 27.7 Å². The number of nitrogens with one attached hydrogen (secondary N) is 1. The molecule has 0 atom stereocenters. The van der Waals surface area contributed by atoms with Crippen molar-refractivity contribution in [1.82, 2.24) is 4.31 Å². The van der Waals surface area contributed by atoms with E-state index in [9.17, 15) is 0 Å². The number of hydrogen-bond acceptors (Lipinski definition) is 1. The first kappa shape index (κ1) is 13.6. The van der Waals surface area contributed by atoms with E-state index in [1.54, 1.807) is 0 Å². The molecule has 86 valence electrons. The van der Waals surface area contributed by atoms with Crippen molar-refractivity contribution in [3.63, 3.8) is 0 Å². The summed E-state index contributed by atoms with van der Waals surface area (Å²) in [5, 5.41) is 7.62. The van der Waals surface area contributed by atoms with E-state index in [1.165, 1.54) is 0 Å². The lowest BCUT2D eigenvalue weighted by Crippen LogP contribution is -2.43.